The van der Waals surface area contributed by atoms with Gasteiger partial charge >= 0.3 is 0 Å². The van der Waals surface area contributed by atoms with E-state index in [9.17, 15) is 4.79 Å². The molecule has 0 fully saturated rings. The van der Waals surface area contributed by atoms with E-state index in [-0.39, 0.29) is 5.78 Å². The largest absolute Gasteiger partial charge is 0.292 e. The molecule has 1 aromatic heterocycles. The van der Waals surface area contributed by atoms with Crippen LogP contribution >= 0.6 is 27.5 Å². The number of Topliss-reactive ketones (excluding diaryl/α,β-unsaturated/α-hetero) is 1. The van der Waals surface area contributed by atoms with Crippen molar-refractivity contribution in [3.63, 3.8) is 0 Å². The third-order valence-corrected chi connectivity index (χ3v) is 3.13. The summed E-state index contributed by atoms with van der Waals surface area (Å²) in [6.45, 7) is 0. The molecule has 0 radical (unpaired) electrons. The minimum Gasteiger partial charge on any atom is -0.292 e. The number of hydrogen-bond donors (Lipinski definition) is 0. The highest BCUT2D eigenvalue weighted by Crippen LogP contribution is 2.16. The van der Waals surface area contributed by atoms with Gasteiger partial charge in [0, 0.05) is 17.1 Å². The molecule has 0 saturated carbocycles. The van der Waals surface area contributed by atoms with Crippen LogP contribution in [0.25, 0.3) is 0 Å². The standard InChI is InChI=1S/C13H9BrClNO/c14-10-5-3-9(4-6-10)8-12(17)13-11(15)2-1-7-16-13/h1-7H,8H2. The van der Waals surface area contributed by atoms with Crippen LogP contribution < -0.4 is 0 Å². The summed E-state index contributed by atoms with van der Waals surface area (Å²) in [4.78, 5) is 16.0. The second-order valence-electron chi connectivity index (χ2n) is 3.56. The first kappa shape index (κ1) is 12.3. The van der Waals surface area contributed by atoms with Gasteiger partial charge in [0.05, 0.1) is 5.02 Å². The fourth-order valence-electron chi connectivity index (χ4n) is 1.46. The molecular weight excluding hydrogens is 302 g/mol. The van der Waals surface area contributed by atoms with E-state index >= 15 is 0 Å². The summed E-state index contributed by atoms with van der Waals surface area (Å²) in [6, 6.07) is 11.0. The van der Waals surface area contributed by atoms with Crippen molar-refractivity contribution in [2.24, 2.45) is 0 Å². The highest BCUT2D eigenvalue weighted by molar-refractivity contribution is 9.10. The lowest BCUT2D eigenvalue weighted by Crippen LogP contribution is -2.06. The number of aromatic nitrogens is 1. The fourth-order valence-corrected chi connectivity index (χ4v) is 1.95. The van der Waals surface area contributed by atoms with Crippen molar-refractivity contribution >= 4 is 33.3 Å². The van der Waals surface area contributed by atoms with Crippen LogP contribution in [0.15, 0.2) is 47.1 Å². The lowest BCUT2D eigenvalue weighted by Gasteiger charge is -2.02. The van der Waals surface area contributed by atoms with Crippen LogP contribution in [-0.2, 0) is 6.42 Å². The summed E-state index contributed by atoms with van der Waals surface area (Å²) in [5.74, 6) is -0.0714. The summed E-state index contributed by atoms with van der Waals surface area (Å²) in [5.41, 5.74) is 1.28. The zero-order valence-corrected chi connectivity index (χ0v) is 11.2. The van der Waals surface area contributed by atoms with Crippen LogP contribution in [0.4, 0.5) is 0 Å². The van der Waals surface area contributed by atoms with E-state index in [4.69, 9.17) is 11.6 Å². The van der Waals surface area contributed by atoms with Crippen molar-refractivity contribution in [2.75, 3.05) is 0 Å². The molecule has 0 N–H and O–H groups in total. The van der Waals surface area contributed by atoms with Gasteiger partial charge in [-0.2, -0.15) is 0 Å². The Morgan fingerprint density at radius 1 is 1.24 bits per heavy atom. The minimum atomic E-state index is -0.0714. The summed E-state index contributed by atoms with van der Waals surface area (Å²) in [6.07, 6.45) is 1.88. The van der Waals surface area contributed by atoms with E-state index < -0.39 is 0 Å². The Kier molecular flexibility index (Phi) is 3.92. The maximum absolute atomic E-state index is 12.0. The van der Waals surface area contributed by atoms with Gasteiger partial charge in [-0.05, 0) is 29.8 Å². The van der Waals surface area contributed by atoms with Crippen LogP contribution in [0.1, 0.15) is 16.1 Å². The molecule has 1 aromatic carbocycles. The molecule has 17 heavy (non-hydrogen) atoms. The van der Waals surface area contributed by atoms with Crippen molar-refractivity contribution < 1.29 is 4.79 Å². The van der Waals surface area contributed by atoms with Crippen molar-refractivity contribution in [3.05, 3.63) is 63.3 Å². The van der Waals surface area contributed by atoms with Crippen molar-refractivity contribution in [2.45, 2.75) is 6.42 Å². The van der Waals surface area contributed by atoms with Crippen LogP contribution in [0, 0.1) is 0 Å². The monoisotopic (exact) mass is 309 g/mol. The Hall–Kier alpha value is -1.19. The number of nitrogens with zero attached hydrogens (tertiary/aromatic N) is 1. The van der Waals surface area contributed by atoms with Crippen LogP contribution in [-0.4, -0.2) is 10.8 Å². The molecule has 2 nitrogen and oxygen atoms in total. The molecule has 0 aliphatic rings. The predicted molar refractivity (Wildman–Crippen MR) is 71.4 cm³/mol. The minimum absolute atomic E-state index is 0.0714. The number of carbonyl (C=O) groups is 1. The van der Waals surface area contributed by atoms with Gasteiger partial charge in [0.25, 0.3) is 0 Å². The lowest BCUT2D eigenvalue weighted by atomic mass is 10.1. The molecule has 4 heteroatoms. The Morgan fingerprint density at radius 2 is 1.94 bits per heavy atom. The molecule has 0 unspecified atom stereocenters. The van der Waals surface area contributed by atoms with E-state index in [2.05, 4.69) is 20.9 Å². The number of halogens is 2. The van der Waals surface area contributed by atoms with Crippen molar-refractivity contribution in [3.8, 4) is 0 Å². The van der Waals surface area contributed by atoms with Gasteiger partial charge in [-0.25, -0.2) is 0 Å². The highest BCUT2D eigenvalue weighted by atomic mass is 79.9. The summed E-state index contributed by atoms with van der Waals surface area (Å²) < 4.78 is 0.990. The number of carbonyl (C=O) groups excluding carboxylic acids is 1. The Morgan fingerprint density at radius 3 is 2.59 bits per heavy atom. The van der Waals surface area contributed by atoms with Crippen molar-refractivity contribution in [1.82, 2.24) is 4.98 Å². The number of hydrogen-bond acceptors (Lipinski definition) is 2. The van der Waals surface area contributed by atoms with Gasteiger partial charge in [0.1, 0.15) is 5.69 Å². The average Bonchev–Trinajstić information content (AvgIpc) is 2.32. The van der Waals surface area contributed by atoms with E-state index in [1.807, 2.05) is 24.3 Å². The maximum atomic E-state index is 12.0. The van der Waals surface area contributed by atoms with Gasteiger partial charge < -0.3 is 0 Å². The molecule has 2 aromatic rings. The summed E-state index contributed by atoms with van der Waals surface area (Å²) in [5, 5.41) is 0.398. The quantitative estimate of drug-likeness (QED) is 0.804. The predicted octanol–water partition coefficient (Wildman–Crippen LogP) is 3.92. The molecule has 2 rings (SSSR count). The second kappa shape index (κ2) is 5.43. The molecule has 0 aliphatic heterocycles. The highest BCUT2D eigenvalue weighted by Gasteiger charge is 2.11. The zero-order chi connectivity index (χ0) is 12.3. The summed E-state index contributed by atoms with van der Waals surface area (Å²) in [7, 11) is 0. The molecule has 1 heterocycles. The SMILES string of the molecule is O=C(Cc1ccc(Br)cc1)c1ncccc1Cl. The molecular formula is C13H9BrClNO. The number of ketones is 1. The Bertz CT molecular complexity index is 539. The first-order valence-electron chi connectivity index (χ1n) is 5.05. The van der Waals surface area contributed by atoms with Crippen LogP contribution in [0.5, 0.6) is 0 Å². The lowest BCUT2D eigenvalue weighted by molar-refractivity contribution is 0.0988. The second-order valence-corrected chi connectivity index (χ2v) is 4.88. The zero-order valence-electron chi connectivity index (χ0n) is 8.86. The third-order valence-electron chi connectivity index (χ3n) is 2.30. The van der Waals surface area contributed by atoms with E-state index in [0.717, 1.165) is 10.0 Å². The number of rotatable bonds is 3. The smallest absolute Gasteiger partial charge is 0.187 e. The molecule has 0 aliphatic carbocycles. The third kappa shape index (κ3) is 3.14. The van der Waals surface area contributed by atoms with E-state index in [1.165, 1.54) is 0 Å². The Labute approximate surface area is 113 Å². The van der Waals surface area contributed by atoms with Gasteiger partial charge in [0.2, 0.25) is 0 Å². The van der Waals surface area contributed by atoms with Gasteiger partial charge in [-0.1, -0.05) is 39.7 Å². The first-order valence-corrected chi connectivity index (χ1v) is 6.22. The van der Waals surface area contributed by atoms with Crippen LogP contribution in [0.2, 0.25) is 5.02 Å². The van der Waals surface area contributed by atoms with Crippen molar-refractivity contribution in [1.29, 1.82) is 0 Å². The number of pyridine rings is 1. The van der Waals surface area contributed by atoms with E-state index in [0.29, 0.717) is 17.1 Å². The van der Waals surface area contributed by atoms with E-state index in [1.54, 1.807) is 18.3 Å². The molecule has 0 atom stereocenters. The molecule has 86 valence electrons. The van der Waals surface area contributed by atoms with Gasteiger partial charge in [0.15, 0.2) is 5.78 Å². The van der Waals surface area contributed by atoms with Gasteiger partial charge in [-0.15, -0.1) is 0 Å². The molecule has 0 saturated heterocycles. The topological polar surface area (TPSA) is 30.0 Å². The fraction of sp³-hybridized carbons (Fsp3) is 0.0769. The molecule has 0 amide bonds. The average molecular weight is 311 g/mol. The van der Waals surface area contributed by atoms with Gasteiger partial charge in [-0.3, -0.25) is 9.78 Å². The molecule has 0 spiro atoms. The first-order chi connectivity index (χ1) is 8.16. The Balaban J connectivity index is 2.17. The number of benzene rings is 1. The maximum Gasteiger partial charge on any atom is 0.187 e. The summed E-state index contributed by atoms with van der Waals surface area (Å²) >= 11 is 9.27. The molecule has 0 bridgehead atoms. The normalized spacial score (nSPS) is 10.2. The van der Waals surface area contributed by atoms with Crippen LogP contribution in [0.3, 0.4) is 0 Å².